The van der Waals surface area contributed by atoms with Crippen molar-refractivity contribution < 1.29 is 4.79 Å². The summed E-state index contributed by atoms with van der Waals surface area (Å²) in [5.74, 6) is -0.337. The number of pyridine rings is 1. The summed E-state index contributed by atoms with van der Waals surface area (Å²) in [6.45, 7) is 0. The van der Waals surface area contributed by atoms with E-state index in [1.54, 1.807) is 12.6 Å². The Morgan fingerprint density at radius 2 is 2.45 bits per heavy atom. The second-order valence-electron chi connectivity index (χ2n) is 2.13. The fraction of sp³-hybridized carbons (Fsp3) is 0.125. The normalized spacial score (nSPS) is 9.45. The van der Waals surface area contributed by atoms with E-state index in [0.717, 1.165) is 5.69 Å². The van der Waals surface area contributed by atoms with Crippen LogP contribution in [0.15, 0.2) is 24.4 Å². The van der Waals surface area contributed by atoms with Crippen molar-refractivity contribution in [3.63, 3.8) is 0 Å². The van der Waals surface area contributed by atoms with Crippen LogP contribution in [-0.2, 0) is 4.79 Å². The minimum absolute atomic E-state index is 0.247. The molecule has 0 aromatic carbocycles. The predicted molar refractivity (Wildman–Crippen MR) is 41.5 cm³/mol. The van der Waals surface area contributed by atoms with E-state index in [1.807, 2.05) is 18.2 Å². The third kappa shape index (κ3) is 2.80. The van der Waals surface area contributed by atoms with Gasteiger partial charge in [0, 0.05) is 24.7 Å². The van der Waals surface area contributed by atoms with Gasteiger partial charge in [-0.25, -0.2) is 0 Å². The van der Waals surface area contributed by atoms with E-state index in [1.165, 1.54) is 0 Å². The number of aromatic nitrogens is 1. The first-order chi connectivity index (χ1) is 5.29. The quantitative estimate of drug-likeness (QED) is 0.680. The second kappa shape index (κ2) is 3.71. The Hall–Kier alpha value is -1.38. The minimum atomic E-state index is -0.337. The standard InChI is InChI=1S/C8H9N2O/c9-8(11)5-4-7-3-1-2-6-10-7/h1-4,6H,5H2,(H2,9,11). The lowest BCUT2D eigenvalue weighted by Gasteiger charge is -1.94. The Balaban J connectivity index is 2.45. The molecular weight excluding hydrogens is 140 g/mol. The molecule has 1 amide bonds. The first-order valence-electron chi connectivity index (χ1n) is 3.31. The summed E-state index contributed by atoms with van der Waals surface area (Å²) in [4.78, 5) is 14.3. The maximum absolute atomic E-state index is 10.3. The number of nitrogens with two attached hydrogens (primary N) is 1. The zero-order chi connectivity index (χ0) is 8.10. The first-order valence-corrected chi connectivity index (χ1v) is 3.31. The van der Waals surface area contributed by atoms with Gasteiger partial charge in [0.25, 0.3) is 0 Å². The molecule has 0 atom stereocenters. The lowest BCUT2D eigenvalue weighted by atomic mass is 10.2. The van der Waals surface area contributed by atoms with Crippen LogP contribution < -0.4 is 5.73 Å². The Labute approximate surface area is 65.2 Å². The average molecular weight is 149 g/mol. The summed E-state index contributed by atoms with van der Waals surface area (Å²) >= 11 is 0. The predicted octanol–water partition coefficient (Wildman–Crippen LogP) is 0.509. The van der Waals surface area contributed by atoms with Gasteiger partial charge in [-0.05, 0) is 12.1 Å². The number of hydrogen-bond donors (Lipinski definition) is 1. The van der Waals surface area contributed by atoms with Gasteiger partial charge in [0.1, 0.15) is 0 Å². The summed E-state index contributed by atoms with van der Waals surface area (Å²) in [6, 6.07) is 5.50. The summed E-state index contributed by atoms with van der Waals surface area (Å²) in [5, 5.41) is 0. The zero-order valence-electron chi connectivity index (χ0n) is 6.03. The highest BCUT2D eigenvalue weighted by atomic mass is 16.1. The maximum Gasteiger partial charge on any atom is 0.218 e. The molecule has 0 spiro atoms. The van der Waals surface area contributed by atoms with Crippen molar-refractivity contribution in [3.05, 3.63) is 36.5 Å². The summed E-state index contributed by atoms with van der Waals surface area (Å²) < 4.78 is 0. The van der Waals surface area contributed by atoms with Gasteiger partial charge < -0.3 is 5.73 Å². The SMILES string of the molecule is NC(=O)C[CH]c1ccccn1. The molecule has 1 rings (SSSR count). The molecule has 11 heavy (non-hydrogen) atoms. The van der Waals surface area contributed by atoms with E-state index in [9.17, 15) is 4.79 Å². The molecule has 1 aromatic heterocycles. The maximum atomic E-state index is 10.3. The number of primary amides is 1. The molecule has 0 aliphatic rings. The van der Waals surface area contributed by atoms with E-state index >= 15 is 0 Å². The third-order valence-electron chi connectivity index (χ3n) is 1.20. The van der Waals surface area contributed by atoms with E-state index < -0.39 is 0 Å². The van der Waals surface area contributed by atoms with E-state index in [-0.39, 0.29) is 12.3 Å². The Kier molecular flexibility index (Phi) is 2.60. The highest BCUT2D eigenvalue weighted by Gasteiger charge is 1.96. The van der Waals surface area contributed by atoms with E-state index in [0.29, 0.717) is 0 Å². The van der Waals surface area contributed by atoms with Gasteiger partial charge in [0.2, 0.25) is 5.91 Å². The van der Waals surface area contributed by atoms with Crippen molar-refractivity contribution in [2.45, 2.75) is 6.42 Å². The summed E-state index contributed by atoms with van der Waals surface area (Å²) in [7, 11) is 0. The molecule has 3 nitrogen and oxygen atoms in total. The molecule has 57 valence electrons. The van der Waals surface area contributed by atoms with E-state index in [2.05, 4.69) is 4.98 Å². The molecule has 0 fully saturated rings. The van der Waals surface area contributed by atoms with Crippen LogP contribution in [0.3, 0.4) is 0 Å². The number of hydrogen-bond acceptors (Lipinski definition) is 2. The van der Waals surface area contributed by atoms with E-state index in [4.69, 9.17) is 5.73 Å². The third-order valence-corrected chi connectivity index (χ3v) is 1.20. The van der Waals surface area contributed by atoms with Gasteiger partial charge in [-0.1, -0.05) is 6.07 Å². The monoisotopic (exact) mass is 149 g/mol. The highest BCUT2D eigenvalue weighted by molar-refractivity contribution is 5.75. The van der Waals surface area contributed by atoms with Gasteiger partial charge >= 0.3 is 0 Å². The van der Waals surface area contributed by atoms with Crippen molar-refractivity contribution in [3.8, 4) is 0 Å². The molecule has 0 bridgehead atoms. The Morgan fingerprint density at radius 3 is 3.00 bits per heavy atom. The lowest BCUT2D eigenvalue weighted by molar-refractivity contribution is -0.117. The number of carbonyl (C=O) groups excluding carboxylic acids is 1. The first kappa shape index (κ1) is 7.72. The number of amides is 1. The number of rotatable bonds is 3. The molecular formula is C8H9N2O. The Bertz CT molecular complexity index is 233. The smallest absolute Gasteiger partial charge is 0.218 e. The van der Waals surface area contributed by atoms with Crippen LogP contribution in [0.2, 0.25) is 0 Å². The number of nitrogens with zero attached hydrogens (tertiary/aromatic N) is 1. The Morgan fingerprint density at radius 1 is 1.64 bits per heavy atom. The topological polar surface area (TPSA) is 56.0 Å². The molecule has 0 unspecified atom stereocenters. The molecule has 0 saturated heterocycles. The second-order valence-corrected chi connectivity index (χ2v) is 2.13. The van der Waals surface area contributed by atoms with Gasteiger partial charge in [-0.15, -0.1) is 0 Å². The van der Waals surface area contributed by atoms with Crippen LogP contribution in [0.5, 0.6) is 0 Å². The molecule has 0 saturated carbocycles. The van der Waals surface area contributed by atoms with Crippen molar-refractivity contribution in [1.29, 1.82) is 0 Å². The molecule has 1 aromatic rings. The van der Waals surface area contributed by atoms with Gasteiger partial charge in [0.15, 0.2) is 0 Å². The summed E-state index contributed by atoms with van der Waals surface area (Å²) in [5.41, 5.74) is 5.73. The zero-order valence-corrected chi connectivity index (χ0v) is 6.03. The summed E-state index contributed by atoms with van der Waals surface area (Å²) in [6.07, 6.45) is 3.62. The largest absolute Gasteiger partial charge is 0.370 e. The van der Waals surface area contributed by atoms with Crippen molar-refractivity contribution >= 4 is 5.91 Å². The molecule has 3 heteroatoms. The highest BCUT2D eigenvalue weighted by Crippen LogP contribution is 1.99. The molecule has 2 N–H and O–H groups in total. The van der Waals surface area contributed by atoms with Crippen molar-refractivity contribution in [1.82, 2.24) is 4.98 Å². The van der Waals surface area contributed by atoms with Crippen LogP contribution in [0.1, 0.15) is 12.1 Å². The lowest BCUT2D eigenvalue weighted by Crippen LogP contribution is -2.10. The van der Waals surface area contributed by atoms with Crippen LogP contribution >= 0.6 is 0 Å². The molecule has 1 heterocycles. The van der Waals surface area contributed by atoms with Gasteiger partial charge in [-0.2, -0.15) is 0 Å². The average Bonchev–Trinajstić information content (AvgIpc) is 2.03. The minimum Gasteiger partial charge on any atom is -0.370 e. The van der Waals surface area contributed by atoms with Crippen LogP contribution in [0.25, 0.3) is 0 Å². The van der Waals surface area contributed by atoms with Crippen LogP contribution in [0.4, 0.5) is 0 Å². The fourth-order valence-corrected chi connectivity index (χ4v) is 0.702. The van der Waals surface area contributed by atoms with Crippen molar-refractivity contribution in [2.75, 3.05) is 0 Å². The van der Waals surface area contributed by atoms with Crippen LogP contribution in [-0.4, -0.2) is 10.9 Å². The molecule has 0 aliphatic heterocycles. The van der Waals surface area contributed by atoms with Crippen molar-refractivity contribution in [2.24, 2.45) is 5.73 Å². The van der Waals surface area contributed by atoms with Gasteiger partial charge in [-0.3, -0.25) is 9.78 Å². The van der Waals surface area contributed by atoms with Crippen LogP contribution in [0, 0.1) is 6.42 Å². The molecule has 1 radical (unpaired) electrons. The number of carbonyl (C=O) groups is 1. The van der Waals surface area contributed by atoms with Gasteiger partial charge in [0.05, 0.1) is 0 Å². The fourth-order valence-electron chi connectivity index (χ4n) is 0.702. The molecule has 0 aliphatic carbocycles.